The van der Waals surface area contributed by atoms with E-state index in [0.717, 1.165) is 5.56 Å². The summed E-state index contributed by atoms with van der Waals surface area (Å²) < 4.78 is 1.76. The van der Waals surface area contributed by atoms with Gasteiger partial charge in [0.15, 0.2) is 0 Å². The van der Waals surface area contributed by atoms with E-state index in [1.165, 1.54) is 0 Å². The number of aromatic nitrogens is 2. The van der Waals surface area contributed by atoms with Crippen LogP contribution in [0.3, 0.4) is 0 Å². The van der Waals surface area contributed by atoms with Crippen molar-refractivity contribution in [1.29, 1.82) is 0 Å². The standard InChI is InChI=1S/C9H15ClN2O/c1-9(2,3)12-8(10)7(4-5-13)6-11-12/h6,13H,4-5H2,1-3H3. The maximum Gasteiger partial charge on any atom is 0.130 e. The summed E-state index contributed by atoms with van der Waals surface area (Å²) in [6.45, 7) is 6.22. The lowest BCUT2D eigenvalue weighted by atomic mass is 10.1. The summed E-state index contributed by atoms with van der Waals surface area (Å²) in [6, 6.07) is 0. The Morgan fingerprint density at radius 1 is 1.54 bits per heavy atom. The van der Waals surface area contributed by atoms with E-state index < -0.39 is 0 Å². The summed E-state index contributed by atoms with van der Waals surface area (Å²) in [7, 11) is 0. The van der Waals surface area contributed by atoms with Crippen molar-refractivity contribution in [3.8, 4) is 0 Å². The molecule has 1 aromatic heterocycles. The highest BCUT2D eigenvalue weighted by Crippen LogP contribution is 2.23. The van der Waals surface area contributed by atoms with Gasteiger partial charge in [-0.25, -0.2) is 4.68 Å². The second-order valence-corrected chi connectivity index (χ2v) is 4.37. The highest BCUT2D eigenvalue weighted by atomic mass is 35.5. The Morgan fingerprint density at radius 2 is 2.15 bits per heavy atom. The van der Waals surface area contributed by atoms with E-state index in [1.807, 2.05) is 20.8 Å². The molecule has 0 aliphatic heterocycles. The Morgan fingerprint density at radius 3 is 2.54 bits per heavy atom. The SMILES string of the molecule is CC(C)(C)n1ncc(CCO)c1Cl. The van der Waals surface area contributed by atoms with E-state index in [1.54, 1.807) is 10.9 Å². The number of rotatable bonds is 2. The van der Waals surface area contributed by atoms with Crippen LogP contribution in [0, 0.1) is 0 Å². The molecule has 0 unspecified atom stereocenters. The first-order valence-corrected chi connectivity index (χ1v) is 4.68. The predicted molar refractivity (Wildman–Crippen MR) is 53.0 cm³/mol. The van der Waals surface area contributed by atoms with Crippen molar-refractivity contribution in [1.82, 2.24) is 9.78 Å². The van der Waals surface area contributed by atoms with E-state index in [-0.39, 0.29) is 12.1 Å². The Bertz CT molecular complexity index is 288. The second kappa shape index (κ2) is 3.68. The van der Waals surface area contributed by atoms with Crippen LogP contribution in [0.2, 0.25) is 5.15 Å². The van der Waals surface area contributed by atoms with E-state index in [0.29, 0.717) is 11.6 Å². The molecule has 1 heterocycles. The minimum absolute atomic E-state index is 0.106. The summed E-state index contributed by atoms with van der Waals surface area (Å²) >= 11 is 6.08. The summed E-state index contributed by atoms with van der Waals surface area (Å²) in [5.41, 5.74) is 0.796. The average molecular weight is 203 g/mol. The number of hydrogen-bond donors (Lipinski definition) is 1. The largest absolute Gasteiger partial charge is 0.396 e. The molecule has 1 rings (SSSR count). The molecule has 0 bridgehead atoms. The van der Waals surface area contributed by atoms with Crippen LogP contribution < -0.4 is 0 Å². The van der Waals surface area contributed by atoms with E-state index >= 15 is 0 Å². The molecule has 74 valence electrons. The molecule has 0 aliphatic carbocycles. The van der Waals surface area contributed by atoms with Crippen molar-refractivity contribution >= 4 is 11.6 Å². The van der Waals surface area contributed by atoms with Crippen LogP contribution in [-0.4, -0.2) is 21.5 Å². The van der Waals surface area contributed by atoms with Crippen molar-refractivity contribution in [2.75, 3.05) is 6.61 Å². The number of aliphatic hydroxyl groups excluding tert-OH is 1. The van der Waals surface area contributed by atoms with Crippen LogP contribution in [0.15, 0.2) is 6.20 Å². The zero-order chi connectivity index (χ0) is 10.1. The van der Waals surface area contributed by atoms with Crippen molar-refractivity contribution in [2.45, 2.75) is 32.7 Å². The third kappa shape index (κ3) is 2.23. The normalized spacial score (nSPS) is 12.1. The highest BCUT2D eigenvalue weighted by Gasteiger charge is 2.18. The molecule has 0 radical (unpaired) electrons. The van der Waals surface area contributed by atoms with Crippen LogP contribution in [0.5, 0.6) is 0 Å². The van der Waals surface area contributed by atoms with Crippen LogP contribution >= 0.6 is 11.6 Å². The maximum absolute atomic E-state index is 8.76. The lowest BCUT2D eigenvalue weighted by Crippen LogP contribution is -2.23. The van der Waals surface area contributed by atoms with Gasteiger partial charge in [-0.3, -0.25) is 0 Å². The predicted octanol–water partition coefficient (Wildman–Crippen LogP) is 1.83. The summed E-state index contributed by atoms with van der Waals surface area (Å²) in [5, 5.41) is 13.6. The van der Waals surface area contributed by atoms with Crippen LogP contribution in [0.1, 0.15) is 26.3 Å². The van der Waals surface area contributed by atoms with Gasteiger partial charge in [-0.15, -0.1) is 0 Å². The van der Waals surface area contributed by atoms with Gasteiger partial charge >= 0.3 is 0 Å². The van der Waals surface area contributed by atoms with Crippen molar-refractivity contribution in [3.05, 3.63) is 16.9 Å². The smallest absolute Gasteiger partial charge is 0.130 e. The third-order valence-corrected chi connectivity index (χ3v) is 2.20. The fraction of sp³-hybridized carbons (Fsp3) is 0.667. The lowest BCUT2D eigenvalue weighted by molar-refractivity contribution is 0.299. The van der Waals surface area contributed by atoms with Crippen LogP contribution in [0.25, 0.3) is 0 Å². The molecule has 0 amide bonds. The van der Waals surface area contributed by atoms with E-state index in [9.17, 15) is 0 Å². The Labute approximate surface area is 83.3 Å². The molecule has 4 heteroatoms. The van der Waals surface area contributed by atoms with E-state index in [2.05, 4.69) is 5.10 Å². The molecular weight excluding hydrogens is 188 g/mol. The zero-order valence-corrected chi connectivity index (χ0v) is 8.97. The zero-order valence-electron chi connectivity index (χ0n) is 8.21. The van der Waals surface area contributed by atoms with Crippen LogP contribution in [-0.2, 0) is 12.0 Å². The molecule has 0 atom stereocenters. The fourth-order valence-corrected chi connectivity index (χ4v) is 1.56. The van der Waals surface area contributed by atoms with Gasteiger partial charge in [0.1, 0.15) is 5.15 Å². The molecule has 1 N–H and O–H groups in total. The van der Waals surface area contributed by atoms with Gasteiger partial charge in [0.25, 0.3) is 0 Å². The maximum atomic E-state index is 8.76. The Hall–Kier alpha value is -0.540. The van der Waals surface area contributed by atoms with Gasteiger partial charge in [-0.2, -0.15) is 5.10 Å². The summed E-state index contributed by atoms with van der Waals surface area (Å²) in [4.78, 5) is 0. The quantitative estimate of drug-likeness (QED) is 0.795. The second-order valence-electron chi connectivity index (χ2n) is 4.02. The highest BCUT2D eigenvalue weighted by molar-refractivity contribution is 6.30. The third-order valence-electron chi connectivity index (χ3n) is 1.80. The molecule has 0 saturated heterocycles. The first kappa shape index (κ1) is 10.5. The number of hydrogen-bond acceptors (Lipinski definition) is 2. The molecule has 0 spiro atoms. The van der Waals surface area contributed by atoms with E-state index in [4.69, 9.17) is 16.7 Å². The van der Waals surface area contributed by atoms with Gasteiger partial charge in [0.05, 0.1) is 11.7 Å². The van der Waals surface area contributed by atoms with Gasteiger partial charge < -0.3 is 5.11 Å². The van der Waals surface area contributed by atoms with Gasteiger partial charge in [0.2, 0.25) is 0 Å². The minimum atomic E-state index is -0.106. The first-order valence-electron chi connectivity index (χ1n) is 4.30. The number of nitrogens with zero attached hydrogens (tertiary/aromatic N) is 2. The van der Waals surface area contributed by atoms with Crippen molar-refractivity contribution in [3.63, 3.8) is 0 Å². The Balaban J connectivity index is 2.99. The molecule has 0 saturated carbocycles. The lowest BCUT2D eigenvalue weighted by Gasteiger charge is -2.20. The number of halogens is 1. The molecule has 0 aliphatic rings. The van der Waals surface area contributed by atoms with Gasteiger partial charge in [-0.1, -0.05) is 11.6 Å². The molecule has 13 heavy (non-hydrogen) atoms. The summed E-state index contributed by atoms with van der Waals surface area (Å²) in [5.74, 6) is 0. The molecule has 3 nitrogen and oxygen atoms in total. The molecule has 0 aromatic carbocycles. The van der Waals surface area contributed by atoms with Crippen molar-refractivity contribution in [2.24, 2.45) is 0 Å². The van der Waals surface area contributed by atoms with Gasteiger partial charge in [-0.05, 0) is 20.8 Å². The molecular formula is C9H15ClN2O. The monoisotopic (exact) mass is 202 g/mol. The van der Waals surface area contributed by atoms with Gasteiger partial charge in [0, 0.05) is 18.6 Å². The molecule has 0 fully saturated rings. The topological polar surface area (TPSA) is 38.0 Å². The minimum Gasteiger partial charge on any atom is -0.396 e. The first-order chi connectivity index (χ1) is 5.96. The van der Waals surface area contributed by atoms with Crippen LogP contribution in [0.4, 0.5) is 0 Å². The average Bonchev–Trinajstić information content (AvgIpc) is 2.32. The fourth-order valence-electron chi connectivity index (χ4n) is 1.12. The van der Waals surface area contributed by atoms with Crippen molar-refractivity contribution < 1.29 is 5.11 Å². The molecule has 1 aromatic rings. The summed E-state index contributed by atoms with van der Waals surface area (Å²) in [6.07, 6.45) is 2.28. The Kier molecular flexibility index (Phi) is 2.98. The number of aliphatic hydroxyl groups is 1.